The molecule has 0 unspecified atom stereocenters. The first-order chi connectivity index (χ1) is 13.1. The van der Waals surface area contributed by atoms with Crippen molar-refractivity contribution in [2.75, 3.05) is 10.6 Å². The third kappa shape index (κ3) is 3.73. The molecule has 5 nitrogen and oxygen atoms in total. The van der Waals surface area contributed by atoms with E-state index in [1.807, 2.05) is 6.07 Å². The van der Waals surface area contributed by atoms with E-state index in [1.165, 1.54) is 23.5 Å². The van der Waals surface area contributed by atoms with Gasteiger partial charge in [0.25, 0.3) is 5.91 Å². The number of aryl methyl sites for hydroxylation is 1. The lowest BCUT2D eigenvalue weighted by atomic mass is 10.1. The van der Waals surface area contributed by atoms with Crippen LogP contribution in [0.3, 0.4) is 0 Å². The summed E-state index contributed by atoms with van der Waals surface area (Å²) >= 11 is 1.39. The Labute approximate surface area is 159 Å². The molecule has 0 spiro atoms. The van der Waals surface area contributed by atoms with Crippen molar-refractivity contribution in [1.82, 2.24) is 4.98 Å². The molecule has 1 heterocycles. The molecule has 0 saturated heterocycles. The number of halogens is 1. The van der Waals surface area contributed by atoms with Crippen molar-refractivity contribution in [1.29, 1.82) is 0 Å². The Morgan fingerprint density at radius 2 is 1.89 bits per heavy atom. The average molecular weight is 381 g/mol. The number of aromatic nitrogens is 1. The van der Waals surface area contributed by atoms with Crippen LogP contribution in [0.4, 0.5) is 15.2 Å². The molecule has 7 heteroatoms. The first kappa shape index (κ1) is 17.4. The molecule has 4 rings (SSSR count). The number of carbonyl (C=O) groups excluding carboxylic acids is 2. The van der Waals surface area contributed by atoms with E-state index in [-0.39, 0.29) is 11.8 Å². The molecule has 1 aliphatic carbocycles. The Balaban J connectivity index is 1.47. The Bertz CT molecular complexity index is 1000. The molecule has 0 saturated carbocycles. The van der Waals surface area contributed by atoms with Gasteiger partial charge in [0, 0.05) is 16.1 Å². The molecular formula is C20H16FN3O2S. The topological polar surface area (TPSA) is 71.1 Å². The molecule has 1 aromatic heterocycles. The summed E-state index contributed by atoms with van der Waals surface area (Å²) in [5, 5.41) is 6.01. The van der Waals surface area contributed by atoms with Gasteiger partial charge in [0.05, 0.1) is 11.6 Å². The van der Waals surface area contributed by atoms with Crippen molar-refractivity contribution in [2.45, 2.75) is 18.8 Å². The quantitative estimate of drug-likeness (QED) is 0.711. The number of thiazole rings is 1. The minimum atomic E-state index is -0.403. The number of nitrogens with zero attached hydrogens (tertiary/aromatic N) is 1. The zero-order valence-electron chi connectivity index (χ0n) is 14.2. The van der Waals surface area contributed by atoms with Crippen molar-refractivity contribution in [3.05, 3.63) is 76.5 Å². The van der Waals surface area contributed by atoms with E-state index in [2.05, 4.69) is 15.6 Å². The van der Waals surface area contributed by atoms with Crippen LogP contribution in [0.25, 0.3) is 0 Å². The number of nitrogens with one attached hydrogen (secondary N) is 2. The first-order valence-corrected chi connectivity index (χ1v) is 9.34. The molecule has 3 aromatic rings. The van der Waals surface area contributed by atoms with Crippen LogP contribution in [-0.4, -0.2) is 16.8 Å². The Hall–Kier alpha value is -3.06. The Kier molecular flexibility index (Phi) is 4.68. The van der Waals surface area contributed by atoms with Crippen LogP contribution < -0.4 is 10.6 Å². The van der Waals surface area contributed by atoms with Gasteiger partial charge < -0.3 is 5.32 Å². The fraction of sp³-hybridized carbons (Fsp3) is 0.150. The van der Waals surface area contributed by atoms with Crippen LogP contribution in [0.15, 0.2) is 54.6 Å². The van der Waals surface area contributed by atoms with E-state index in [0.29, 0.717) is 28.5 Å². The summed E-state index contributed by atoms with van der Waals surface area (Å²) in [4.78, 5) is 30.3. The van der Waals surface area contributed by atoms with Gasteiger partial charge in [-0.05, 0) is 43.2 Å². The van der Waals surface area contributed by atoms with E-state index < -0.39 is 11.7 Å². The average Bonchev–Trinajstić information content (AvgIpc) is 3.22. The van der Waals surface area contributed by atoms with Gasteiger partial charge in [-0.25, -0.2) is 9.37 Å². The number of carbonyl (C=O) groups is 2. The fourth-order valence-corrected chi connectivity index (χ4v) is 4.12. The summed E-state index contributed by atoms with van der Waals surface area (Å²) in [7, 11) is 0. The standard InChI is InChI=1S/C20H16FN3O2S/c21-13-7-4-8-14(11-13)22-19(26)15-9-10-16-17(15)23-20(27-16)24-18(25)12-5-2-1-3-6-12/h1-8,11,15H,9-10H2,(H,22,26)(H,23,24,25)/t15-/m1/s1. The first-order valence-electron chi connectivity index (χ1n) is 8.52. The van der Waals surface area contributed by atoms with Gasteiger partial charge in [0.15, 0.2) is 5.13 Å². The number of hydrogen-bond acceptors (Lipinski definition) is 4. The number of fused-ring (bicyclic) bond motifs is 1. The number of hydrogen-bond donors (Lipinski definition) is 2. The molecule has 1 atom stereocenters. The summed E-state index contributed by atoms with van der Waals surface area (Å²) in [6, 6.07) is 14.7. The monoisotopic (exact) mass is 381 g/mol. The molecule has 0 aliphatic heterocycles. The van der Waals surface area contributed by atoms with E-state index in [4.69, 9.17) is 0 Å². The minimum Gasteiger partial charge on any atom is -0.325 e. The molecule has 0 fully saturated rings. The van der Waals surface area contributed by atoms with Crippen LogP contribution in [0.1, 0.15) is 33.3 Å². The van der Waals surface area contributed by atoms with Crippen molar-refractivity contribution in [3.63, 3.8) is 0 Å². The van der Waals surface area contributed by atoms with Gasteiger partial charge in [-0.2, -0.15) is 0 Å². The second-order valence-corrected chi connectivity index (χ2v) is 7.32. The highest BCUT2D eigenvalue weighted by Crippen LogP contribution is 2.39. The van der Waals surface area contributed by atoms with Crippen molar-refractivity contribution >= 4 is 34.0 Å². The van der Waals surface area contributed by atoms with E-state index in [0.717, 1.165) is 11.3 Å². The highest BCUT2D eigenvalue weighted by atomic mass is 32.1. The second kappa shape index (κ2) is 7.28. The summed E-state index contributed by atoms with van der Waals surface area (Å²) < 4.78 is 13.3. The maximum absolute atomic E-state index is 13.3. The third-order valence-corrected chi connectivity index (χ3v) is 5.43. The van der Waals surface area contributed by atoms with Crippen molar-refractivity contribution in [3.8, 4) is 0 Å². The van der Waals surface area contributed by atoms with Gasteiger partial charge in [0.2, 0.25) is 5.91 Å². The maximum atomic E-state index is 13.3. The number of amides is 2. The molecule has 136 valence electrons. The summed E-state index contributed by atoms with van der Waals surface area (Å²) in [5.74, 6) is -1.25. The molecule has 2 N–H and O–H groups in total. The number of rotatable bonds is 4. The van der Waals surface area contributed by atoms with Crippen LogP contribution in [0, 0.1) is 5.82 Å². The predicted molar refractivity (Wildman–Crippen MR) is 103 cm³/mol. The van der Waals surface area contributed by atoms with Crippen LogP contribution >= 0.6 is 11.3 Å². The van der Waals surface area contributed by atoms with Crippen molar-refractivity contribution in [2.24, 2.45) is 0 Å². The number of anilines is 2. The molecule has 0 bridgehead atoms. The van der Waals surface area contributed by atoms with Gasteiger partial charge >= 0.3 is 0 Å². The molecule has 2 amide bonds. The smallest absolute Gasteiger partial charge is 0.257 e. The van der Waals surface area contributed by atoms with Crippen LogP contribution in [0.5, 0.6) is 0 Å². The van der Waals surface area contributed by atoms with Gasteiger partial charge in [0.1, 0.15) is 5.82 Å². The van der Waals surface area contributed by atoms with Crippen molar-refractivity contribution < 1.29 is 14.0 Å². The van der Waals surface area contributed by atoms with Gasteiger partial charge in [-0.3, -0.25) is 14.9 Å². The predicted octanol–water partition coefficient (Wildman–Crippen LogP) is 4.20. The maximum Gasteiger partial charge on any atom is 0.257 e. The second-order valence-electron chi connectivity index (χ2n) is 6.24. The van der Waals surface area contributed by atoms with E-state index in [9.17, 15) is 14.0 Å². The zero-order chi connectivity index (χ0) is 18.8. The van der Waals surface area contributed by atoms with Crippen LogP contribution in [0.2, 0.25) is 0 Å². The lowest BCUT2D eigenvalue weighted by Gasteiger charge is -2.10. The highest BCUT2D eigenvalue weighted by Gasteiger charge is 2.33. The highest BCUT2D eigenvalue weighted by molar-refractivity contribution is 7.16. The number of benzene rings is 2. The van der Waals surface area contributed by atoms with E-state index >= 15 is 0 Å². The largest absolute Gasteiger partial charge is 0.325 e. The molecule has 27 heavy (non-hydrogen) atoms. The van der Waals surface area contributed by atoms with E-state index in [1.54, 1.807) is 36.4 Å². The summed E-state index contributed by atoms with van der Waals surface area (Å²) in [5.41, 5.74) is 1.66. The SMILES string of the molecule is O=C(Nc1nc2c(s1)CC[C@H]2C(=O)Nc1cccc(F)c1)c1ccccc1. The Morgan fingerprint density at radius 3 is 2.67 bits per heavy atom. The molecule has 1 aliphatic rings. The minimum absolute atomic E-state index is 0.217. The van der Waals surface area contributed by atoms with Crippen LogP contribution in [-0.2, 0) is 11.2 Å². The molecule has 0 radical (unpaired) electrons. The van der Waals surface area contributed by atoms with Gasteiger partial charge in [-0.1, -0.05) is 24.3 Å². The third-order valence-electron chi connectivity index (χ3n) is 4.38. The summed E-state index contributed by atoms with van der Waals surface area (Å²) in [6.45, 7) is 0. The molecular weight excluding hydrogens is 365 g/mol. The lowest BCUT2D eigenvalue weighted by Crippen LogP contribution is -2.20. The van der Waals surface area contributed by atoms with Gasteiger partial charge in [-0.15, -0.1) is 11.3 Å². The Morgan fingerprint density at radius 1 is 1.07 bits per heavy atom. The molecule has 2 aromatic carbocycles. The fourth-order valence-electron chi connectivity index (χ4n) is 3.09. The normalized spacial score (nSPS) is 15.2. The zero-order valence-corrected chi connectivity index (χ0v) is 15.1. The lowest BCUT2D eigenvalue weighted by molar-refractivity contribution is -0.117. The summed E-state index contributed by atoms with van der Waals surface area (Å²) in [6.07, 6.45) is 1.39.